The van der Waals surface area contributed by atoms with E-state index in [0.717, 1.165) is 0 Å². The number of tetrazole rings is 1. The van der Waals surface area contributed by atoms with E-state index in [1.54, 1.807) is 10.9 Å². The van der Waals surface area contributed by atoms with Crippen molar-refractivity contribution in [3.8, 4) is 0 Å². The Kier molecular flexibility index (Phi) is 1.80. The summed E-state index contributed by atoms with van der Waals surface area (Å²) in [6.07, 6.45) is 1.58. The minimum absolute atomic E-state index is 0.265. The highest BCUT2D eigenvalue weighted by Gasteiger charge is 2.00. The van der Waals surface area contributed by atoms with Crippen LogP contribution >= 0.6 is 0 Å². The molecule has 1 aromatic heterocycles. The molecule has 10 heavy (non-hydrogen) atoms. The minimum Gasteiger partial charge on any atom is -0.161 e. The molecule has 0 atom stereocenters. The molecule has 1 heterocycles. The Morgan fingerprint density at radius 1 is 1.60 bits per heavy atom. The molecule has 0 unspecified atom stereocenters. The van der Waals surface area contributed by atoms with Gasteiger partial charge < -0.3 is 0 Å². The van der Waals surface area contributed by atoms with Gasteiger partial charge in [0.25, 0.3) is 0 Å². The Hall–Kier alpha value is -1.19. The lowest BCUT2D eigenvalue weighted by molar-refractivity contribution is 0.454. The molecule has 0 aliphatic carbocycles. The Labute approximate surface area is 59.5 Å². The van der Waals surface area contributed by atoms with Crippen LogP contribution in [-0.4, -0.2) is 20.2 Å². The van der Waals surface area contributed by atoms with Crippen LogP contribution in [-0.2, 0) is 0 Å². The van der Waals surface area contributed by atoms with E-state index in [9.17, 15) is 0 Å². The maximum atomic E-state index is 4.00. The molecule has 54 valence electrons. The molecule has 4 heteroatoms. The second-order valence-electron chi connectivity index (χ2n) is 2.27. The van der Waals surface area contributed by atoms with Crippen molar-refractivity contribution in [2.24, 2.45) is 0 Å². The van der Waals surface area contributed by atoms with Gasteiger partial charge in [-0.15, -0.1) is 10.2 Å². The van der Waals surface area contributed by atoms with Crippen LogP contribution in [0.15, 0.2) is 6.58 Å². The van der Waals surface area contributed by atoms with E-state index in [2.05, 4.69) is 22.0 Å². The summed E-state index contributed by atoms with van der Waals surface area (Å²) in [5, 5.41) is 11.5. The molecule has 4 nitrogen and oxygen atoms in total. The lowest BCUT2D eigenvalue weighted by Crippen LogP contribution is -2.04. The first kappa shape index (κ1) is 6.92. The zero-order chi connectivity index (χ0) is 7.56. The molecule has 0 saturated carbocycles. The van der Waals surface area contributed by atoms with Crippen LogP contribution in [0, 0.1) is 0 Å². The van der Waals surface area contributed by atoms with Gasteiger partial charge in [-0.05, 0) is 25.1 Å². The van der Waals surface area contributed by atoms with Crippen molar-refractivity contribution in [2.45, 2.75) is 19.9 Å². The molecule has 0 aliphatic heterocycles. The monoisotopic (exact) mass is 138 g/mol. The first-order valence-electron chi connectivity index (χ1n) is 3.16. The first-order valence-corrected chi connectivity index (χ1v) is 3.16. The fourth-order valence-electron chi connectivity index (χ4n) is 0.537. The highest BCUT2D eigenvalue weighted by Crippen LogP contribution is 1.97. The molecule has 1 rings (SSSR count). The van der Waals surface area contributed by atoms with Gasteiger partial charge in [0.05, 0.1) is 6.04 Å². The van der Waals surface area contributed by atoms with Crippen molar-refractivity contribution in [1.29, 1.82) is 0 Å². The molecule has 0 fully saturated rings. The predicted octanol–water partition coefficient (Wildman–Crippen LogP) is 0.897. The first-order chi connectivity index (χ1) is 4.74. The van der Waals surface area contributed by atoms with Crippen LogP contribution < -0.4 is 0 Å². The zero-order valence-corrected chi connectivity index (χ0v) is 6.15. The van der Waals surface area contributed by atoms with Crippen molar-refractivity contribution in [3.63, 3.8) is 0 Å². The van der Waals surface area contributed by atoms with Crippen molar-refractivity contribution >= 4 is 6.08 Å². The largest absolute Gasteiger partial charge is 0.197 e. The lowest BCUT2D eigenvalue weighted by atomic mass is 10.4. The molecule has 0 amide bonds. The van der Waals surface area contributed by atoms with E-state index in [1.807, 2.05) is 13.8 Å². The second kappa shape index (κ2) is 2.60. The van der Waals surface area contributed by atoms with Crippen LogP contribution in [0.1, 0.15) is 25.7 Å². The Bertz CT molecular complexity index is 225. The molecule has 0 bridgehead atoms. The summed E-state index contributed by atoms with van der Waals surface area (Å²) in [5.41, 5.74) is 0. The van der Waals surface area contributed by atoms with Gasteiger partial charge in [-0.1, -0.05) is 6.58 Å². The molecule has 0 aromatic carbocycles. The number of nitrogens with zero attached hydrogens (tertiary/aromatic N) is 4. The zero-order valence-electron chi connectivity index (χ0n) is 6.15. The maximum Gasteiger partial charge on any atom is 0.197 e. The fourth-order valence-corrected chi connectivity index (χ4v) is 0.537. The molecule has 0 radical (unpaired) electrons. The summed E-state index contributed by atoms with van der Waals surface area (Å²) in [5.74, 6) is 0.578. The topological polar surface area (TPSA) is 43.6 Å². The maximum absolute atomic E-state index is 4.00. The van der Waals surface area contributed by atoms with Gasteiger partial charge in [0.1, 0.15) is 0 Å². The van der Waals surface area contributed by atoms with E-state index in [-0.39, 0.29) is 6.04 Å². The van der Waals surface area contributed by atoms with Crippen LogP contribution in [0.25, 0.3) is 6.08 Å². The Morgan fingerprint density at radius 3 is 2.60 bits per heavy atom. The normalized spacial score (nSPS) is 10.3. The highest BCUT2D eigenvalue weighted by atomic mass is 15.6. The van der Waals surface area contributed by atoms with Gasteiger partial charge >= 0.3 is 0 Å². The third kappa shape index (κ3) is 1.21. The van der Waals surface area contributed by atoms with Gasteiger partial charge in [0.2, 0.25) is 0 Å². The smallest absolute Gasteiger partial charge is 0.161 e. The van der Waals surface area contributed by atoms with Crippen molar-refractivity contribution < 1.29 is 0 Å². The van der Waals surface area contributed by atoms with Gasteiger partial charge in [-0.3, -0.25) is 0 Å². The molecule has 0 saturated heterocycles. The summed E-state index contributed by atoms with van der Waals surface area (Å²) >= 11 is 0. The van der Waals surface area contributed by atoms with Crippen molar-refractivity contribution in [1.82, 2.24) is 20.2 Å². The van der Waals surface area contributed by atoms with Crippen molar-refractivity contribution in [2.75, 3.05) is 0 Å². The molecule has 0 N–H and O–H groups in total. The van der Waals surface area contributed by atoms with Crippen LogP contribution in [0.5, 0.6) is 0 Å². The SMILES string of the molecule is C=Cc1nnn(C(C)C)n1. The number of hydrogen-bond acceptors (Lipinski definition) is 3. The Morgan fingerprint density at radius 2 is 2.30 bits per heavy atom. The second-order valence-corrected chi connectivity index (χ2v) is 2.27. The van der Waals surface area contributed by atoms with Crippen LogP contribution in [0.3, 0.4) is 0 Å². The van der Waals surface area contributed by atoms with E-state index < -0.39 is 0 Å². The van der Waals surface area contributed by atoms with E-state index >= 15 is 0 Å². The third-order valence-electron chi connectivity index (χ3n) is 1.09. The lowest BCUT2D eigenvalue weighted by Gasteiger charge is -1.98. The number of aromatic nitrogens is 4. The summed E-state index contributed by atoms with van der Waals surface area (Å²) in [4.78, 5) is 1.55. The molecular formula is C6H10N4. The van der Waals surface area contributed by atoms with Gasteiger partial charge in [0, 0.05) is 0 Å². The molecule has 1 aromatic rings. The van der Waals surface area contributed by atoms with Crippen LogP contribution in [0.4, 0.5) is 0 Å². The fraction of sp³-hybridized carbons (Fsp3) is 0.500. The van der Waals surface area contributed by atoms with Gasteiger partial charge in [0.15, 0.2) is 5.82 Å². The minimum atomic E-state index is 0.265. The Balaban J connectivity index is 2.88. The third-order valence-corrected chi connectivity index (χ3v) is 1.09. The molecule has 0 spiro atoms. The summed E-state index contributed by atoms with van der Waals surface area (Å²) in [6.45, 7) is 7.51. The van der Waals surface area contributed by atoms with E-state index in [4.69, 9.17) is 0 Å². The molecular weight excluding hydrogens is 128 g/mol. The standard InChI is InChI=1S/C6H10N4/c1-4-6-7-9-10(8-6)5(2)3/h4-5H,1H2,2-3H3. The summed E-state index contributed by atoms with van der Waals surface area (Å²) in [6, 6.07) is 0.265. The molecule has 0 aliphatic rings. The number of hydrogen-bond donors (Lipinski definition) is 0. The average Bonchev–Trinajstić information content (AvgIpc) is 2.34. The van der Waals surface area contributed by atoms with Crippen molar-refractivity contribution in [3.05, 3.63) is 12.4 Å². The van der Waals surface area contributed by atoms with Gasteiger partial charge in [-0.2, -0.15) is 4.80 Å². The van der Waals surface area contributed by atoms with E-state index in [0.29, 0.717) is 5.82 Å². The van der Waals surface area contributed by atoms with Gasteiger partial charge in [-0.25, -0.2) is 0 Å². The quantitative estimate of drug-likeness (QED) is 0.609. The summed E-state index contributed by atoms with van der Waals surface area (Å²) < 4.78 is 0. The average molecular weight is 138 g/mol. The predicted molar refractivity (Wildman–Crippen MR) is 38.3 cm³/mol. The van der Waals surface area contributed by atoms with E-state index in [1.165, 1.54) is 0 Å². The van der Waals surface area contributed by atoms with Crippen LogP contribution in [0.2, 0.25) is 0 Å². The highest BCUT2D eigenvalue weighted by molar-refractivity contribution is 5.33. The number of rotatable bonds is 2. The summed E-state index contributed by atoms with van der Waals surface area (Å²) in [7, 11) is 0.